The van der Waals surface area contributed by atoms with Crippen molar-refractivity contribution in [2.75, 3.05) is 37.4 Å². The topological polar surface area (TPSA) is 80.5 Å². The molecule has 1 aromatic rings. The Labute approximate surface area is 113 Å². The molecule has 0 aliphatic heterocycles. The molecule has 1 heterocycles. The van der Waals surface area contributed by atoms with E-state index in [0.29, 0.717) is 24.0 Å². The van der Waals surface area contributed by atoms with Crippen molar-refractivity contribution >= 4 is 17.4 Å². The number of nitrogens with two attached hydrogens (primary N) is 1. The SMILES string of the molecule is CCCN(CC(=O)NC)c1ccc(N)c(OCC)n1. The standard InChI is InChI=1S/C13H22N4O2/c1-4-8-17(9-12(18)15-3)11-7-6-10(14)13(16-11)19-5-2/h6-7H,4-5,8-9,14H2,1-3H3,(H,15,18). The van der Waals surface area contributed by atoms with Gasteiger partial charge in [0.25, 0.3) is 0 Å². The molecule has 106 valence electrons. The van der Waals surface area contributed by atoms with E-state index in [2.05, 4.69) is 17.2 Å². The van der Waals surface area contributed by atoms with E-state index in [4.69, 9.17) is 10.5 Å². The van der Waals surface area contributed by atoms with Crippen LogP contribution in [0.2, 0.25) is 0 Å². The lowest BCUT2D eigenvalue weighted by Crippen LogP contribution is -2.36. The van der Waals surface area contributed by atoms with Crippen LogP contribution in [0.4, 0.5) is 11.5 Å². The van der Waals surface area contributed by atoms with E-state index in [-0.39, 0.29) is 12.5 Å². The van der Waals surface area contributed by atoms with Gasteiger partial charge in [0.15, 0.2) is 0 Å². The van der Waals surface area contributed by atoms with Crippen molar-refractivity contribution in [2.24, 2.45) is 0 Å². The Morgan fingerprint density at radius 3 is 2.79 bits per heavy atom. The minimum atomic E-state index is -0.0509. The van der Waals surface area contributed by atoms with Crippen LogP contribution in [0.15, 0.2) is 12.1 Å². The highest BCUT2D eigenvalue weighted by Crippen LogP contribution is 2.23. The lowest BCUT2D eigenvalue weighted by molar-refractivity contribution is -0.119. The summed E-state index contributed by atoms with van der Waals surface area (Å²) in [5.41, 5.74) is 6.29. The van der Waals surface area contributed by atoms with Gasteiger partial charge in [-0.2, -0.15) is 4.98 Å². The number of nitrogen functional groups attached to an aromatic ring is 1. The average molecular weight is 266 g/mol. The molecule has 0 unspecified atom stereocenters. The summed E-state index contributed by atoms with van der Waals surface area (Å²) < 4.78 is 5.37. The molecule has 19 heavy (non-hydrogen) atoms. The van der Waals surface area contributed by atoms with Crippen molar-refractivity contribution in [3.63, 3.8) is 0 Å². The number of likely N-dealkylation sites (N-methyl/N-ethyl adjacent to an activating group) is 1. The molecule has 6 nitrogen and oxygen atoms in total. The zero-order valence-corrected chi connectivity index (χ0v) is 11.8. The summed E-state index contributed by atoms with van der Waals surface area (Å²) in [6, 6.07) is 3.55. The maximum absolute atomic E-state index is 11.5. The second-order valence-electron chi connectivity index (χ2n) is 4.09. The van der Waals surface area contributed by atoms with Crippen LogP contribution in [0.3, 0.4) is 0 Å². The van der Waals surface area contributed by atoms with Crippen LogP contribution in [0.5, 0.6) is 5.88 Å². The average Bonchev–Trinajstić information content (AvgIpc) is 2.41. The van der Waals surface area contributed by atoms with Gasteiger partial charge in [0.2, 0.25) is 11.8 Å². The monoisotopic (exact) mass is 266 g/mol. The minimum absolute atomic E-state index is 0.0509. The molecule has 0 radical (unpaired) electrons. The fourth-order valence-corrected chi connectivity index (χ4v) is 1.67. The van der Waals surface area contributed by atoms with Crippen LogP contribution in [0.1, 0.15) is 20.3 Å². The van der Waals surface area contributed by atoms with E-state index in [1.807, 2.05) is 11.8 Å². The molecule has 6 heteroatoms. The third kappa shape index (κ3) is 4.31. The summed E-state index contributed by atoms with van der Waals surface area (Å²) in [4.78, 5) is 17.8. The number of hydrogen-bond acceptors (Lipinski definition) is 5. The van der Waals surface area contributed by atoms with Crippen LogP contribution in [0.25, 0.3) is 0 Å². The molecule has 1 amide bonds. The van der Waals surface area contributed by atoms with Crippen molar-refractivity contribution in [1.82, 2.24) is 10.3 Å². The number of nitrogens with zero attached hydrogens (tertiary/aromatic N) is 2. The molecular weight excluding hydrogens is 244 g/mol. The number of nitrogens with one attached hydrogen (secondary N) is 1. The van der Waals surface area contributed by atoms with E-state index in [1.54, 1.807) is 19.2 Å². The van der Waals surface area contributed by atoms with Gasteiger partial charge < -0.3 is 20.7 Å². The Morgan fingerprint density at radius 1 is 1.47 bits per heavy atom. The lowest BCUT2D eigenvalue weighted by atomic mass is 10.3. The van der Waals surface area contributed by atoms with Crippen LogP contribution in [-0.2, 0) is 4.79 Å². The molecule has 0 fully saturated rings. The van der Waals surface area contributed by atoms with Crippen molar-refractivity contribution in [3.8, 4) is 5.88 Å². The molecule has 0 spiro atoms. The number of ether oxygens (including phenoxy) is 1. The number of carbonyl (C=O) groups is 1. The Bertz CT molecular complexity index is 423. The van der Waals surface area contributed by atoms with E-state index >= 15 is 0 Å². The number of pyridine rings is 1. The van der Waals surface area contributed by atoms with Crippen LogP contribution in [0, 0.1) is 0 Å². The second-order valence-corrected chi connectivity index (χ2v) is 4.09. The van der Waals surface area contributed by atoms with E-state index in [0.717, 1.165) is 13.0 Å². The number of amides is 1. The highest BCUT2D eigenvalue weighted by molar-refractivity contribution is 5.80. The molecule has 1 aromatic heterocycles. The van der Waals surface area contributed by atoms with E-state index < -0.39 is 0 Å². The molecule has 0 aliphatic rings. The molecule has 0 saturated heterocycles. The number of rotatable bonds is 7. The Hall–Kier alpha value is -1.98. The summed E-state index contributed by atoms with van der Waals surface area (Å²) in [6.07, 6.45) is 0.924. The number of hydrogen-bond donors (Lipinski definition) is 2. The van der Waals surface area contributed by atoms with Crippen LogP contribution < -0.4 is 20.7 Å². The van der Waals surface area contributed by atoms with Gasteiger partial charge in [-0.15, -0.1) is 0 Å². The molecule has 0 aliphatic carbocycles. The maximum Gasteiger partial charge on any atom is 0.239 e. The first-order valence-corrected chi connectivity index (χ1v) is 6.47. The second kappa shape index (κ2) is 7.45. The maximum atomic E-state index is 11.5. The van der Waals surface area contributed by atoms with Gasteiger partial charge in [0.1, 0.15) is 5.82 Å². The zero-order chi connectivity index (χ0) is 14.3. The molecule has 0 atom stereocenters. The molecule has 1 rings (SSSR count). The molecule has 3 N–H and O–H groups in total. The third-order valence-corrected chi connectivity index (χ3v) is 2.59. The quantitative estimate of drug-likeness (QED) is 0.770. The van der Waals surface area contributed by atoms with E-state index in [1.165, 1.54) is 0 Å². The highest BCUT2D eigenvalue weighted by atomic mass is 16.5. The fraction of sp³-hybridized carbons (Fsp3) is 0.538. The van der Waals surface area contributed by atoms with Gasteiger partial charge in [-0.1, -0.05) is 6.92 Å². The highest BCUT2D eigenvalue weighted by Gasteiger charge is 2.13. The van der Waals surface area contributed by atoms with Gasteiger partial charge >= 0.3 is 0 Å². The lowest BCUT2D eigenvalue weighted by Gasteiger charge is -2.23. The molecule has 0 saturated carbocycles. The van der Waals surface area contributed by atoms with Crippen molar-refractivity contribution < 1.29 is 9.53 Å². The van der Waals surface area contributed by atoms with Gasteiger partial charge in [0, 0.05) is 13.6 Å². The van der Waals surface area contributed by atoms with E-state index in [9.17, 15) is 4.79 Å². The van der Waals surface area contributed by atoms with Gasteiger partial charge in [-0.25, -0.2) is 0 Å². The first kappa shape index (κ1) is 15.1. The smallest absolute Gasteiger partial charge is 0.239 e. The summed E-state index contributed by atoms with van der Waals surface area (Å²) in [5, 5.41) is 2.61. The normalized spacial score (nSPS) is 10.1. The fourth-order valence-electron chi connectivity index (χ4n) is 1.67. The van der Waals surface area contributed by atoms with Gasteiger partial charge in [-0.3, -0.25) is 4.79 Å². The third-order valence-electron chi connectivity index (χ3n) is 2.59. The zero-order valence-electron chi connectivity index (χ0n) is 11.8. The number of carbonyl (C=O) groups excluding carboxylic acids is 1. The van der Waals surface area contributed by atoms with Crippen molar-refractivity contribution in [1.29, 1.82) is 0 Å². The van der Waals surface area contributed by atoms with Crippen LogP contribution >= 0.6 is 0 Å². The molecule has 0 aromatic carbocycles. The summed E-state index contributed by atoms with van der Waals surface area (Å²) in [7, 11) is 1.62. The number of aromatic nitrogens is 1. The Kier molecular flexibility index (Phi) is 5.92. The molecule has 0 bridgehead atoms. The predicted octanol–water partition coefficient (Wildman–Crippen LogP) is 1.02. The van der Waals surface area contributed by atoms with Crippen molar-refractivity contribution in [2.45, 2.75) is 20.3 Å². The van der Waals surface area contributed by atoms with Gasteiger partial charge in [0.05, 0.1) is 18.8 Å². The summed E-state index contributed by atoms with van der Waals surface area (Å²) in [5.74, 6) is 1.06. The van der Waals surface area contributed by atoms with Crippen molar-refractivity contribution in [3.05, 3.63) is 12.1 Å². The molecular formula is C13H22N4O2. The van der Waals surface area contributed by atoms with Crippen LogP contribution in [-0.4, -0.2) is 37.6 Å². The Balaban J connectivity index is 2.94. The first-order chi connectivity index (χ1) is 9.12. The summed E-state index contributed by atoms with van der Waals surface area (Å²) in [6.45, 7) is 5.45. The van der Waals surface area contributed by atoms with Gasteiger partial charge in [-0.05, 0) is 25.5 Å². The predicted molar refractivity (Wildman–Crippen MR) is 76.4 cm³/mol. The summed E-state index contributed by atoms with van der Waals surface area (Å²) >= 11 is 0. The first-order valence-electron chi connectivity index (χ1n) is 6.47. The Morgan fingerprint density at radius 2 is 2.21 bits per heavy atom. The number of anilines is 2. The largest absolute Gasteiger partial charge is 0.476 e. The minimum Gasteiger partial charge on any atom is -0.476 e.